The molecule has 0 amide bonds. The summed E-state index contributed by atoms with van der Waals surface area (Å²) in [6.45, 7) is 0. The molecule has 0 aliphatic heterocycles. The van der Waals surface area contributed by atoms with Gasteiger partial charge in [-0.25, -0.2) is 9.78 Å². The lowest BCUT2D eigenvalue weighted by molar-refractivity contribution is 0.0690. The van der Waals surface area contributed by atoms with Crippen LogP contribution in [0.1, 0.15) is 16.1 Å². The zero-order chi connectivity index (χ0) is 9.68. The van der Waals surface area contributed by atoms with Crippen LogP contribution >= 0.6 is 0 Å². The van der Waals surface area contributed by atoms with Crippen molar-refractivity contribution in [3.8, 4) is 17.9 Å². The first kappa shape index (κ1) is 8.76. The lowest BCUT2D eigenvalue weighted by atomic mass is 10.2. The van der Waals surface area contributed by atoms with Gasteiger partial charge in [0, 0.05) is 17.7 Å². The van der Waals surface area contributed by atoms with Gasteiger partial charge >= 0.3 is 5.97 Å². The van der Waals surface area contributed by atoms with E-state index in [4.69, 9.17) is 10.4 Å². The van der Waals surface area contributed by atoms with Crippen LogP contribution in [0, 0.1) is 23.2 Å². The molecule has 0 radical (unpaired) electrons. The Morgan fingerprint density at radius 1 is 1.54 bits per heavy atom. The number of hydrogen-bond acceptors (Lipinski definition) is 3. The zero-order valence-electron chi connectivity index (χ0n) is 6.48. The van der Waals surface area contributed by atoms with E-state index in [0.717, 1.165) is 0 Å². The number of carboxylic acids is 1. The summed E-state index contributed by atoms with van der Waals surface area (Å²) in [5.41, 5.74) is 0.481. The molecule has 0 aliphatic carbocycles. The highest BCUT2D eigenvalue weighted by Gasteiger charge is 2.01. The Morgan fingerprint density at radius 3 is 2.77 bits per heavy atom. The van der Waals surface area contributed by atoms with Gasteiger partial charge in [-0.05, 0) is 18.1 Å². The van der Waals surface area contributed by atoms with Crippen LogP contribution < -0.4 is 0 Å². The third-order valence-corrected chi connectivity index (χ3v) is 1.25. The molecule has 0 saturated carbocycles. The quantitative estimate of drug-likeness (QED) is 0.631. The molecular formula is C9H4N2O2. The maximum Gasteiger partial charge on any atom is 0.354 e. The van der Waals surface area contributed by atoms with Gasteiger partial charge < -0.3 is 5.11 Å². The summed E-state index contributed by atoms with van der Waals surface area (Å²) in [7, 11) is 0. The van der Waals surface area contributed by atoms with Gasteiger partial charge in [0.25, 0.3) is 0 Å². The summed E-state index contributed by atoms with van der Waals surface area (Å²) in [5.74, 6) is 3.59. The minimum Gasteiger partial charge on any atom is -0.477 e. The Hall–Kier alpha value is -2.33. The molecule has 0 aromatic carbocycles. The molecule has 4 heteroatoms. The second kappa shape index (κ2) is 3.89. The lowest BCUT2D eigenvalue weighted by Crippen LogP contribution is -1.99. The van der Waals surface area contributed by atoms with Gasteiger partial charge in [0.05, 0.1) is 0 Å². The fourth-order valence-electron chi connectivity index (χ4n) is 0.694. The number of carbonyl (C=O) groups is 1. The van der Waals surface area contributed by atoms with Crippen LogP contribution in [0.15, 0.2) is 18.3 Å². The van der Waals surface area contributed by atoms with Gasteiger partial charge in [-0.1, -0.05) is 0 Å². The molecule has 1 aromatic rings. The lowest BCUT2D eigenvalue weighted by Gasteiger charge is -1.91. The topological polar surface area (TPSA) is 74.0 Å². The summed E-state index contributed by atoms with van der Waals surface area (Å²) in [4.78, 5) is 14.0. The molecule has 0 bridgehead atoms. The molecular weight excluding hydrogens is 168 g/mol. The molecule has 0 unspecified atom stereocenters. The van der Waals surface area contributed by atoms with Gasteiger partial charge in [0.1, 0.15) is 5.69 Å². The average molecular weight is 172 g/mol. The van der Waals surface area contributed by atoms with E-state index < -0.39 is 5.97 Å². The molecule has 0 atom stereocenters. The second-order valence-corrected chi connectivity index (χ2v) is 2.10. The molecule has 62 valence electrons. The maximum atomic E-state index is 10.4. The van der Waals surface area contributed by atoms with Gasteiger partial charge in [0.2, 0.25) is 0 Å². The van der Waals surface area contributed by atoms with E-state index in [9.17, 15) is 4.79 Å². The zero-order valence-corrected chi connectivity index (χ0v) is 6.48. The van der Waals surface area contributed by atoms with Crippen molar-refractivity contribution in [2.75, 3.05) is 0 Å². The van der Waals surface area contributed by atoms with E-state index >= 15 is 0 Å². The highest BCUT2D eigenvalue weighted by molar-refractivity contribution is 5.85. The standard InChI is InChI=1S/C9H4N2O2/c10-5-1-2-7-3-4-8(9(12)13)11-6-7/h3-4,6H,(H,12,13). The predicted octanol–water partition coefficient (Wildman–Crippen LogP) is 0.655. The smallest absolute Gasteiger partial charge is 0.354 e. The normalized spacial score (nSPS) is 7.92. The van der Waals surface area contributed by atoms with E-state index in [0.29, 0.717) is 5.56 Å². The molecule has 0 saturated heterocycles. The number of carboxylic acid groups (broad SMARTS) is 1. The van der Waals surface area contributed by atoms with E-state index in [1.807, 2.05) is 0 Å². The Kier molecular flexibility index (Phi) is 2.62. The van der Waals surface area contributed by atoms with Crippen molar-refractivity contribution < 1.29 is 9.90 Å². The minimum absolute atomic E-state index is 0.0393. The molecule has 1 heterocycles. The summed E-state index contributed by atoms with van der Waals surface area (Å²) >= 11 is 0. The number of aromatic carboxylic acids is 1. The van der Waals surface area contributed by atoms with Crippen LogP contribution in [0.4, 0.5) is 0 Å². The van der Waals surface area contributed by atoms with Gasteiger partial charge in [-0.3, -0.25) is 0 Å². The second-order valence-electron chi connectivity index (χ2n) is 2.10. The first-order valence-electron chi connectivity index (χ1n) is 3.33. The number of rotatable bonds is 1. The first-order chi connectivity index (χ1) is 6.24. The molecule has 1 aromatic heterocycles. The van der Waals surface area contributed by atoms with Crippen molar-refractivity contribution in [2.45, 2.75) is 0 Å². The van der Waals surface area contributed by atoms with Crippen LogP contribution in [0.5, 0.6) is 0 Å². The molecule has 4 nitrogen and oxygen atoms in total. The third kappa shape index (κ3) is 2.32. The third-order valence-electron chi connectivity index (χ3n) is 1.25. The molecule has 13 heavy (non-hydrogen) atoms. The SMILES string of the molecule is N#CC#Cc1ccc(C(=O)O)nc1. The van der Waals surface area contributed by atoms with Crippen molar-refractivity contribution in [1.29, 1.82) is 5.26 Å². The largest absolute Gasteiger partial charge is 0.477 e. The average Bonchev–Trinajstić information content (AvgIpc) is 2.15. The minimum atomic E-state index is -1.08. The summed E-state index contributed by atoms with van der Waals surface area (Å²) in [6, 6.07) is 4.49. The Labute approximate surface area is 74.5 Å². The number of aromatic nitrogens is 1. The first-order valence-corrected chi connectivity index (χ1v) is 3.33. The highest BCUT2D eigenvalue weighted by Crippen LogP contribution is 1.98. The molecule has 0 spiro atoms. The van der Waals surface area contributed by atoms with E-state index in [1.165, 1.54) is 18.3 Å². The summed E-state index contributed by atoms with van der Waals surface area (Å²) in [5, 5.41) is 16.6. The van der Waals surface area contributed by atoms with Crippen LogP contribution in [-0.2, 0) is 0 Å². The molecule has 1 rings (SSSR count). The fourth-order valence-corrected chi connectivity index (χ4v) is 0.694. The van der Waals surface area contributed by atoms with Crippen molar-refractivity contribution in [3.63, 3.8) is 0 Å². The van der Waals surface area contributed by atoms with Crippen LogP contribution in [0.3, 0.4) is 0 Å². The van der Waals surface area contributed by atoms with Crippen LogP contribution in [-0.4, -0.2) is 16.1 Å². The van der Waals surface area contributed by atoms with E-state index in [-0.39, 0.29) is 5.69 Å². The van der Waals surface area contributed by atoms with Crippen LogP contribution in [0.25, 0.3) is 0 Å². The summed E-state index contributed by atoms with van der Waals surface area (Å²) < 4.78 is 0. The Morgan fingerprint density at radius 2 is 2.31 bits per heavy atom. The fraction of sp³-hybridized carbons (Fsp3) is 0. The van der Waals surface area contributed by atoms with E-state index in [1.54, 1.807) is 6.07 Å². The summed E-state index contributed by atoms with van der Waals surface area (Å²) in [6.07, 6.45) is 1.31. The van der Waals surface area contributed by atoms with Crippen molar-refractivity contribution in [1.82, 2.24) is 4.98 Å². The van der Waals surface area contributed by atoms with Gasteiger partial charge in [0.15, 0.2) is 6.07 Å². The Balaban J connectivity index is 2.95. The predicted molar refractivity (Wildman–Crippen MR) is 43.7 cm³/mol. The maximum absolute atomic E-state index is 10.4. The number of pyridine rings is 1. The number of hydrogen-bond donors (Lipinski definition) is 1. The van der Waals surface area contributed by atoms with Gasteiger partial charge in [-0.2, -0.15) is 5.26 Å². The molecule has 1 N–H and O–H groups in total. The number of nitriles is 1. The molecule has 0 aliphatic rings. The number of nitrogens with zero attached hydrogens (tertiary/aromatic N) is 2. The van der Waals surface area contributed by atoms with Crippen LogP contribution in [0.2, 0.25) is 0 Å². The van der Waals surface area contributed by atoms with Gasteiger partial charge in [-0.15, -0.1) is 0 Å². The Bertz CT molecular complexity index is 418. The molecule has 0 fully saturated rings. The van der Waals surface area contributed by atoms with E-state index in [2.05, 4.69) is 16.8 Å². The van der Waals surface area contributed by atoms with Crippen molar-refractivity contribution in [3.05, 3.63) is 29.6 Å². The van der Waals surface area contributed by atoms with Crippen molar-refractivity contribution >= 4 is 5.97 Å². The van der Waals surface area contributed by atoms with Crippen molar-refractivity contribution in [2.24, 2.45) is 0 Å². The monoisotopic (exact) mass is 172 g/mol. The highest BCUT2D eigenvalue weighted by atomic mass is 16.4.